The molecule has 0 aromatic rings. The molecule has 0 atom stereocenters. The SMILES string of the molecule is ICI.NCCO. The molecule has 0 radical (unpaired) electrons. The summed E-state index contributed by atoms with van der Waals surface area (Å²) in [5.74, 6) is 0. The Bertz CT molecular complexity index is 20.4. The van der Waals surface area contributed by atoms with Crippen LogP contribution in [0.1, 0.15) is 0 Å². The van der Waals surface area contributed by atoms with Gasteiger partial charge in [-0.3, -0.25) is 0 Å². The molecular formula is C3H9I2NO. The van der Waals surface area contributed by atoms with Gasteiger partial charge in [-0.25, -0.2) is 0 Å². The molecule has 4 heteroatoms. The Balaban J connectivity index is 0. The predicted molar refractivity (Wildman–Crippen MR) is 49.0 cm³/mol. The molecule has 0 unspecified atom stereocenters. The first kappa shape index (κ1) is 11.2. The van der Waals surface area contributed by atoms with E-state index in [9.17, 15) is 0 Å². The fraction of sp³-hybridized carbons (Fsp3) is 1.00. The van der Waals surface area contributed by atoms with Crippen LogP contribution in [-0.2, 0) is 0 Å². The van der Waals surface area contributed by atoms with Gasteiger partial charge < -0.3 is 10.8 Å². The predicted octanol–water partition coefficient (Wildman–Crippen LogP) is 0.751. The average Bonchev–Trinajstić information content (AvgIpc) is 1.69. The van der Waals surface area contributed by atoms with Crippen molar-refractivity contribution in [3.63, 3.8) is 0 Å². The van der Waals surface area contributed by atoms with Crippen molar-refractivity contribution in [2.45, 2.75) is 0 Å². The number of hydrogen-bond donors (Lipinski definition) is 2. The molecule has 0 saturated heterocycles. The molecular weight excluding hydrogens is 320 g/mol. The first-order chi connectivity index (χ1) is 3.33. The van der Waals surface area contributed by atoms with E-state index in [1.54, 1.807) is 0 Å². The van der Waals surface area contributed by atoms with Gasteiger partial charge in [0.25, 0.3) is 0 Å². The maximum Gasteiger partial charge on any atom is 0.0553 e. The molecule has 0 aromatic carbocycles. The number of alkyl halides is 2. The van der Waals surface area contributed by atoms with Gasteiger partial charge in [0.05, 0.1) is 9.04 Å². The Morgan fingerprint density at radius 3 is 1.57 bits per heavy atom. The summed E-state index contributed by atoms with van der Waals surface area (Å²) >= 11 is 4.55. The van der Waals surface area contributed by atoms with Crippen molar-refractivity contribution in [1.82, 2.24) is 0 Å². The second kappa shape index (κ2) is 15.7. The number of nitrogens with two attached hydrogens (primary N) is 1. The molecule has 0 rings (SSSR count). The molecule has 0 aliphatic heterocycles. The lowest BCUT2D eigenvalue weighted by Crippen LogP contribution is -2.02. The molecule has 2 nitrogen and oxygen atoms in total. The second-order valence-electron chi connectivity index (χ2n) is 0.613. The maximum atomic E-state index is 7.75. The van der Waals surface area contributed by atoms with Crippen LogP contribution in [0.2, 0.25) is 0 Å². The summed E-state index contributed by atoms with van der Waals surface area (Å²) < 4.78 is 1.19. The van der Waals surface area contributed by atoms with Crippen LogP contribution in [-0.4, -0.2) is 20.7 Å². The van der Waals surface area contributed by atoms with Gasteiger partial charge in [-0.2, -0.15) is 0 Å². The van der Waals surface area contributed by atoms with Crippen LogP contribution in [0.4, 0.5) is 0 Å². The third kappa shape index (κ3) is 37.7. The number of aliphatic hydroxyl groups is 1. The lowest BCUT2D eigenvalue weighted by molar-refractivity contribution is 0.306. The van der Waals surface area contributed by atoms with Crippen LogP contribution in [0, 0.1) is 0 Å². The summed E-state index contributed by atoms with van der Waals surface area (Å²) in [5.41, 5.74) is 4.78. The summed E-state index contributed by atoms with van der Waals surface area (Å²) in [4.78, 5) is 0. The van der Waals surface area contributed by atoms with E-state index in [-0.39, 0.29) is 6.61 Å². The summed E-state index contributed by atoms with van der Waals surface area (Å²) in [7, 11) is 0. The molecule has 0 bridgehead atoms. The van der Waals surface area contributed by atoms with Crippen LogP contribution in [0.3, 0.4) is 0 Å². The largest absolute Gasteiger partial charge is 0.395 e. The van der Waals surface area contributed by atoms with Crippen molar-refractivity contribution in [1.29, 1.82) is 0 Å². The molecule has 0 heterocycles. The molecule has 0 amide bonds. The van der Waals surface area contributed by atoms with Gasteiger partial charge in [0.2, 0.25) is 0 Å². The molecule has 46 valence electrons. The topological polar surface area (TPSA) is 46.2 Å². The zero-order chi connectivity index (χ0) is 6.12. The molecule has 7 heavy (non-hydrogen) atoms. The first-order valence-electron chi connectivity index (χ1n) is 1.76. The normalized spacial score (nSPS) is 6.86. The van der Waals surface area contributed by atoms with E-state index in [1.807, 2.05) is 0 Å². The van der Waals surface area contributed by atoms with Gasteiger partial charge >= 0.3 is 0 Å². The Morgan fingerprint density at radius 2 is 1.57 bits per heavy atom. The Morgan fingerprint density at radius 1 is 1.43 bits per heavy atom. The number of rotatable bonds is 1. The van der Waals surface area contributed by atoms with Crippen molar-refractivity contribution < 1.29 is 5.11 Å². The lowest BCUT2D eigenvalue weighted by Gasteiger charge is -1.71. The molecule has 0 aromatic heterocycles. The van der Waals surface area contributed by atoms with Gasteiger partial charge in [-0.15, -0.1) is 0 Å². The highest BCUT2D eigenvalue weighted by molar-refractivity contribution is 14.2. The molecule has 0 saturated carbocycles. The Labute approximate surface area is 71.1 Å². The van der Waals surface area contributed by atoms with Crippen LogP contribution in [0.15, 0.2) is 0 Å². The van der Waals surface area contributed by atoms with Crippen LogP contribution < -0.4 is 5.73 Å². The highest BCUT2D eigenvalue weighted by Crippen LogP contribution is 1.86. The lowest BCUT2D eigenvalue weighted by atomic mass is 10.8. The van der Waals surface area contributed by atoms with Gasteiger partial charge in [-0.1, -0.05) is 45.2 Å². The fourth-order valence-corrected chi connectivity index (χ4v) is 0. The van der Waals surface area contributed by atoms with E-state index in [0.717, 1.165) is 0 Å². The zero-order valence-electron chi connectivity index (χ0n) is 3.90. The standard InChI is InChI=1S/C2H7NO.CH2I2/c3-1-2-4;2-1-3/h4H,1-3H2;1H2. The van der Waals surface area contributed by atoms with Gasteiger partial charge in [0.1, 0.15) is 0 Å². The Kier molecular flexibility index (Phi) is 25.1. The van der Waals surface area contributed by atoms with Crippen molar-refractivity contribution in [2.24, 2.45) is 5.73 Å². The Hall–Kier alpha value is 1.38. The molecule has 0 spiro atoms. The zero-order valence-corrected chi connectivity index (χ0v) is 8.22. The first-order valence-corrected chi connectivity index (χ1v) is 4.81. The third-order valence-electron chi connectivity index (χ3n) is 0.129. The van der Waals surface area contributed by atoms with Crippen LogP contribution in [0.25, 0.3) is 0 Å². The number of aliphatic hydroxyl groups excluding tert-OH is 1. The van der Waals surface area contributed by atoms with E-state index in [1.165, 1.54) is 2.43 Å². The quantitative estimate of drug-likeness (QED) is 0.551. The molecule has 0 aliphatic rings. The van der Waals surface area contributed by atoms with Crippen molar-refractivity contribution in [3.05, 3.63) is 0 Å². The smallest absolute Gasteiger partial charge is 0.0553 e. The van der Waals surface area contributed by atoms with Gasteiger partial charge in [0.15, 0.2) is 0 Å². The fourth-order valence-electron chi connectivity index (χ4n) is 0. The number of halogens is 2. The van der Waals surface area contributed by atoms with E-state index in [2.05, 4.69) is 45.2 Å². The summed E-state index contributed by atoms with van der Waals surface area (Å²) in [6, 6.07) is 0. The van der Waals surface area contributed by atoms with Crippen molar-refractivity contribution in [2.75, 3.05) is 15.6 Å². The van der Waals surface area contributed by atoms with E-state index < -0.39 is 0 Å². The molecule has 0 aliphatic carbocycles. The monoisotopic (exact) mass is 329 g/mol. The minimum absolute atomic E-state index is 0.0972. The van der Waals surface area contributed by atoms with Gasteiger partial charge in [0, 0.05) is 6.54 Å². The highest BCUT2D eigenvalue weighted by atomic mass is 127. The van der Waals surface area contributed by atoms with Crippen molar-refractivity contribution >= 4 is 45.2 Å². The minimum atomic E-state index is 0.0972. The minimum Gasteiger partial charge on any atom is -0.395 e. The molecule has 0 fully saturated rings. The van der Waals surface area contributed by atoms with Crippen LogP contribution in [0.5, 0.6) is 0 Å². The van der Waals surface area contributed by atoms with E-state index in [0.29, 0.717) is 6.54 Å². The highest BCUT2D eigenvalue weighted by Gasteiger charge is 1.56. The average molecular weight is 329 g/mol. The van der Waals surface area contributed by atoms with Gasteiger partial charge in [-0.05, 0) is 0 Å². The van der Waals surface area contributed by atoms with E-state index in [4.69, 9.17) is 10.8 Å². The second-order valence-corrected chi connectivity index (χ2v) is 5.06. The maximum absolute atomic E-state index is 7.75. The summed E-state index contributed by atoms with van der Waals surface area (Å²) in [5, 5.41) is 7.75. The van der Waals surface area contributed by atoms with Crippen LogP contribution >= 0.6 is 45.2 Å². The summed E-state index contributed by atoms with van der Waals surface area (Å²) in [6.45, 7) is 0.472. The number of hydrogen-bond acceptors (Lipinski definition) is 2. The molecule has 3 N–H and O–H groups in total. The summed E-state index contributed by atoms with van der Waals surface area (Å²) in [6.07, 6.45) is 0. The van der Waals surface area contributed by atoms with Crippen molar-refractivity contribution in [3.8, 4) is 0 Å². The van der Waals surface area contributed by atoms with E-state index >= 15 is 0 Å². The third-order valence-corrected chi connectivity index (χ3v) is 0.129.